The fourth-order valence-electron chi connectivity index (χ4n) is 1.35. The first kappa shape index (κ1) is 8.31. The van der Waals surface area contributed by atoms with E-state index in [0.717, 1.165) is 13.0 Å². The summed E-state index contributed by atoms with van der Waals surface area (Å²) < 4.78 is 0. The first-order valence-corrected chi connectivity index (χ1v) is 4.34. The zero-order chi connectivity index (χ0) is 7.40. The summed E-state index contributed by atoms with van der Waals surface area (Å²) in [6.45, 7) is 1.10. The molecule has 60 valence electrons. The van der Waals surface area contributed by atoms with Gasteiger partial charge in [0, 0.05) is 11.9 Å². The second-order valence-corrected chi connectivity index (χ2v) is 3.15. The highest BCUT2D eigenvalue weighted by molar-refractivity contribution is 6.18. The summed E-state index contributed by atoms with van der Waals surface area (Å²) in [6, 6.07) is 0.508. The van der Waals surface area contributed by atoms with Crippen LogP contribution in [0, 0.1) is 0 Å². The predicted octanol–water partition coefficient (Wildman–Crippen LogP) is 0.728. The molecule has 2 N–H and O–H groups in total. The zero-order valence-electron chi connectivity index (χ0n) is 6.02. The molecular weight excluding hydrogens is 150 g/mol. The molecule has 0 radical (unpaired) electrons. The minimum absolute atomic E-state index is 0.322. The number of aliphatic hydroxyl groups is 1. The monoisotopic (exact) mass is 163 g/mol. The summed E-state index contributed by atoms with van der Waals surface area (Å²) in [6.07, 6.45) is 2.91. The van der Waals surface area contributed by atoms with Crippen molar-refractivity contribution in [2.24, 2.45) is 0 Å². The molecule has 1 heterocycles. The predicted molar refractivity (Wildman–Crippen MR) is 42.4 cm³/mol. The van der Waals surface area contributed by atoms with Crippen LogP contribution in [0.1, 0.15) is 19.3 Å². The molecule has 1 aliphatic rings. The molecule has 3 heteroatoms. The van der Waals surface area contributed by atoms with Crippen molar-refractivity contribution in [1.82, 2.24) is 5.32 Å². The van der Waals surface area contributed by atoms with E-state index < -0.39 is 0 Å². The van der Waals surface area contributed by atoms with Gasteiger partial charge in [-0.2, -0.15) is 0 Å². The minimum atomic E-state index is -0.322. The lowest BCUT2D eigenvalue weighted by atomic mass is 10.1. The van der Waals surface area contributed by atoms with E-state index in [2.05, 4.69) is 5.32 Å². The third-order valence-corrected chi connectivity index (χ3v) is 2.25. The summed E-state index contributed by atoms with van der Waals surface area (Å²) in [5.41, 5.74) is 0. The maximum Gasteiger partial charge on any atom is 0.0690 e. The molecule has 2 unspecified atom stereocenters. The number of nitrogens with one attached hydrogen (secondary N) is 1. The average molecular weight is 164 g/mol. The Morgan fingerprint density at radius 1 is 1.70 bits per heavy atom. The number of hydrogen-bond acceptors (Lipinski definition) is 2. The SMILES string of the molecule is OC(CCl)CC1CCCN1. The van der Waals surface area contributed by atoms with Gasteiger partial charge in [0.2, 0.25) is 0 Å². The van der Waals surface area contributed by atoms with Crippen molar-refractivity contribution in [3.63, 3.8) is 0 Å². The van der Waals surface area contributed by atoms with E-state index in [-0.39, 0.29) is 6.10 Å². The van der Waals surface area contributed by atoms with Crippen LogP contribution in [-0.2, 0) is 0 Å². The third kappa shape index (κ3) is 2.45. The van der Waals surface area contributed by atoms with Gasteiger partial charge < -0.3 is 10.4 Å². The van der Waals surface area contributed by atoms with Gasteiger partial charge in [0.05, 0.1) is 6.10 Å². The van der Waals surface area contributed by atoms with E-state index in [1.165, 1.54) is 12.8 Å². The Balaban J connectivity index is 2.11. The third-order valence-electron chi connectivity index (χ3n) is 1.90. The lowest BCUT2D eigenvalue weighted by Gasteiger charge is -2.12. The summed E-state index contributed by atoms with van der Waals surface area (Å²) in [4.78, 5) is 0. The number of alkyl halides is 1. The van der Waals surface area contributed by atoms with Gasteiger partial charge in [0.25, 0.3) is 0 Å². The van der Waals surface area contributed by atoms with E-state index in [0.29, 0.717) is 11.9 Å². The molecule has 10 heavy (non-hydrogen) atoms. The molecule has 0 spiro atoms. The Kier molecular flexibility index (Phi) is 3.46. The maximum atomic E-state index is 9.15. The molecular formula is C7H14ClNO. The summed E-state index contributed by atoms with van der Waals surface area (Å²) in [7, 11) is 0. The summed E-state index contributed by atoms with van der Waals surface area (Å²) in [5, 5.41) is 12.4. The van der Waals surface area contributed by atoms with Gasteiger partial charge in [-0.05, 0) is 25.8 Å². The van der Waals surface area contributed by atoms with Crippen molar-refractivity contribution < 1.29 is 5.11 Å². The van der Waals surface area contributed by atoms with Gasteiger partial charge in [-0.15, -0.1) is 11.6 Å². The van der Waals surface area contributed by atoms with Gasteiger partial charge >= 0.3 is 0 Å². The second-order valence-electron chi connectivity index (χ2n) is 2.84. The van der Waals surface area contributed by atoms with E-state index in [4.69, 9.17) is 16.7 Å². The first-order chi connectivity index (χ1) is 4.83. The Morgan fingerprint density at radius 2 is 2.50 bits per heavy atom. The summed E-state index contributed by atoms with van der Waals surface area (Å²) >= 11 is 5.45. The summed E-state index contributed by atoms with van der Waals surface area (Å²) in [5.74, 6) is 0.359. The topological polar surface area (TPSA) is 32.3 Å². The normalized spacial score (nSPS) is 28.8. The van der Waals surface area contributed by atoms with Crippen LogP contribution in [0.2, 0.25) is 0 Å². The lowest BCUT2D eigenvalue weighted by Crippen LogP contribution is -2.27. The zero-order valence-corrected chi connectivity index (χ0v) is 6.77. The molecule has 1 rings (SSSR count). The smallest absolute Gasteiger partial charge is 0.0690 e. The fourth-order valence-corrected chi connectivity index (χ4v) is 1.48. The van der Waals surface area contributed by atoms with Crippen LogP contribution in [0.15, 0.2) is 0 Å². The van der Waals surface area contributed by atoms with Crippen molar-refractivity contribution in [3.8, 4) is 0 Å². The molecule has 1 fully saturated rings. The Labute approximate surface area is 66.6 Å². The first-order valence-electron chi connectivity index (χ1n) is 3.80. The molecule has 0 aromatic carbocycles. The van der Waals surface area contributed by atoms with Crippen LogP contribution < -0.4 is 5.32 Å². The van der Waals surface area contributed by atoms with E-state index in [9.17, 15) is 0 Å². The number of rotatable bonds is 3. The minimum Gasteiger partial charge on any atom is -0.392 e. The molecule has 0 aromatic heterocycles. The number of aliphatic hydroxyl groups excluding tert-OH is 1. The van der Waals surface area contributed by atoms with Crippen molar-refractivity contribution in [3.05, 3.63) is 0 Å². The molecule has 0 amide bonds. The highest BCUT2D eigenvalue weighted by Crippen LogP contribution is 2.11. The van der Waals surface area contributed by atoms with Crippen LogP contribution in [0.5, 0.6) is 0 Å². The maximum absolute atomic E-state index is 9.15. The van der Waals surface area contributed by atoms with E-state index >= 15 is 0 Å². The molecule has 1 aliphatic heterocycles. The average Bonchev–Trinajstić information content (AvgIpc) is 2.40. The Bertz CT molecular complexity index is 93.6. The Morgan fingerprint density at radius 3 is 3.00 bits per heavy atom. The molecule has 0 saturated carbocycles. The van der Waals surface area contributed by atoms with Crippen molar-refractivity contribution in [2.75, 3.05) is 12.4 Å². The van der Waals surface area contributed by atoms with Crippen LogP contribution in [0.3, 0.4) is 0 Å². The molecule has 2 nitrogen and oxygen atoms in total. The number of halogens is 1. The number of hydrogen-bond donors (Lipinski definition) is 2. The largest absolute Gasteiger partial charge is 0.392 e. The molecule has 1 saturated heterocycles. The molecule has 0 aromatic rings. The van der Waals surface area contributed by atoms with Crippen molar-refractivity contribution in [2.45, 2.75) is 31.4 Å². The standard InChI is InChI=1S/C7H14ClNO/c8-5-7(10)4-6-2-1-3-9-6/h6-7,9-10H,1-5H2. The van der Waals surface area contributed by atoms with E-state index in [1.807, 2.05) is 0 Å². The lowest BCUT2D eigenvalue weighted by molar-refractivity contribution is 0.174. The second kappa shape index (κ2) is 4.16. The van der Waals surface area contributed by atoms with Gasteiger partial charge in [-0.3, -0.25) is 0 Å². The highest BCUT2D eigenvalue weighted by Gasteiger charge is 2.16. The van der Waals surface area contributed by atoms with Crippen molar-refractivity contribution >= 4 is 11.6 Å². The van der Waals surface area contributed by atoms with Gasteiger partial charge in [-0.1, -0.05) is 0 Å². The molecule has 0 bridgehead atoms. The van der Waals surface area contributed by atoms with Crippen molar-refractivity contribution in [1.29, 1.82) is 0 Å². The Hall–Kier alpha value is 0.210. The van der Waals surface area contributed by atoms with Gasteiger partial charge in [0.1, 0.15) is 0 Å². The van der Waals surface area contributed by atoms with Crippen LogP contribution >= 0.6 is 11.6 Å². The van der Waals surface area contributed by atoms with Gasteiger partial charge in [-0.25, -0.2) is 0 Å². The van der Waals surface area contributed by atoms with Crippen LogP contribution in [0.4, 0.5) is 0 Å². The molecule has 2 atom stereocenters. The van der Waals surface area contributed by atoms with Crippen LogP contribution in [0.25, 0.3) is 0 Å². The van der Waals surface area contributed by atoms with Gasteiger partial charge in [0.15, 0.2) is 0 Å². The molecule has 0 aliphatic carbocycles. The van der Waals surface area contributed by atoms with E-state index in [1.54, 1.807) is 0 Å². The van der Waals surface area contributed by atoms with Crippen LogP contribution in [-0.4, -0.2) is 29.7 Å². The fraction of sp³-hybridized carbons (Fsp3) is 1.00. The highest BCUT2D eigenvalue weighted by atomic mass is 35.5. The quantitative estimate of drug-likeness (QED) is 0.602.